The lowest BCUT2D eigenvalue weighted by atomic mass is 10.3. The molecule has 1 N–H and O–H groups in total. The summed E-state index contributed by atoms with van der Waals surface area (Å²) in [6.45, 7) is 5.98. The maximum absolute atomic E-state index is 4.24. The Balaban J connectivity index is 0.00000144. The zero-order chi connectivity index (χ0) is 11.1. The van der Waals surface area contributed by atoms with E-state index in [1.165, 1.54) is 51.0 Å². The molecule has 0 bridgehead atoms. The van der Waals surface area contributed by atoms with Gasteiger partial charge in [-0.25, -0.2) is 4.98 Å². The first-order chi connectivity index (χ1) is 7.95. The number of rotatable bonds is 7. The van der Waals surface area contributed by atoms with E-state index in [9.17, 15) is 0 Å². The number of unbranched alkanes of at least 4 members (excludes halogenated alkanes) is 1. The van der Waals surface area contributed by atoms with Crippen LogP contribution in [0, 0.1) is 0 Å². The SMILES string of the molecule is Cl.c1nc(CNCCCCN2CCCC2)cs1. The number of aromatic nitrogens is 1. The molecule has 5 heteroatoms. The van der Waals surface area contributed by atoms with Gasteiger partial charge in [-0.2, -0.15) is 0 Å². The van der Waals surface area contributed by atoms with E-state index in [1.54, 1.807) is 11.3 Å². The van der Waals surface area contributed by atoms with Crippen molar-refractivity contribution in [2.75, 3.05) is 26.2 Å². The second-order valence-electron chi connectivity index (χ2n) is 4.41. The molecule has 2 rings (SSSR count). The summed E-state index contributed by atoms with van der Waals surface area (Å²) < 4.78 is 0. The summed E-state index contributed by atoms with van der Waals surface area (Å²) in [6, 6.07) is 0. The van der Waals surface area contributed by atoms with Crippen LogP contribution in [0.5, 0.6) is 0 Å². The monoisotopic (exact) mass is 275 g/mol. The molecule has 1 aliphatic rings. The Labute approximate surface area is 114 Å². The molecule has 0 unspecified atom stereocenters. The van der Waals surface area contributed by atoms with Crippen molar-refractivity contribution in [3.05, 3.63) is 16.6 Å². The molecule has 1 fully saturated rings. The Kier molecular flexibility index (Phi) is 7.77. The largest absolute Gasteiger partial charge is 0.311 e. The maximum Gasteiger partial charge on any atom is 0.0795 e. The van der Waals surface area contributed by atoms with Crippen LogP contribution in [0.3, 0.4) is 0 Å². The zero-order valence-electron chi connectivity index (χ0n) is 10.2. The van der Waals surface area contributed by atoms with Crippen LogP contribution >= 0.6 is 23.7 Å². The van der Waals surface area contributed by atoms with Crippen molar-refractivity contribution in [2.24, 2.45) is 0 Å². The number of nitrogens with one attached hydrogen (secondary N) is 1. The normalized spacial score (nSPS) is 16.0. The molecule has 1 saturated heterocycles. The van der Waals surface area contributed by atoms with E-state index in [0.717, 1.165) is 13.1 Å². The minimum atomic E-state index is 0. The van der Waals surface area contributed by atoms with E-state index in [1.807, 2.05) is 5.51 Å². The smallest absolute Gasteiger partial charge is 0.0795 e. The molecule has 0 spiro atoms. The van der Waals surface area contributed by atoms with Gasteiger partial charge in [0, 0.05) is 11.9 Å². The summed E-state index contributed by atoms with van der Waals surface area (Å²) in [7, 11) is 0. The standard InChI is InChI=1S/C12H21N3S.ClH/c1(2-6-15-7-3-4-8-15)5-13-9-12-10-16-11-14-12;/h10-11,13H,1-9H2;1H. The molecule has 3 nitrogen and oxygen atoms in total. The van der Waals surface area contributed by atoms with E-state index in [2.05, 4.69) is 20.6 Å². The molecule has 17 heavy (non-hydrogen) atoms. The van der Waals surface area contributed by atoms with Crippen molar-refractivity contribution >= 4 is 23.7 Å². The highest BCUT2D eigenvalue weighted by Crippen LogP contribution is 2.08. The average Bonchev–Trinajstić information content (AvgIpc) is 2.96. The Hall–Kier alpha value is -0.160. The lowest BCUT2D eigenvalue weighted by Crippen LogP contribution is -2.22. The minimum Gasteiger partial charge on any atom is -0.311 e. The number of halogens is 1. The van der Waals surface area contributed by atoms with Crippen molar-refractivity contribution < 1.29 is 0 Å². The number of nitrogens with zero attached hydrogens (tertiary/aromatic N) is 2. The Bertz CT molecular complexity index is 273. The van der Waals surface area contributed by atoms with Gasteiger partial charge < -0.3 is 10.2 Å². The van der Waals surface area contributed by atoms with Crippen LogP contribution in [0.4, 0.5) is 0 Å². The Morgan fingerprint density at radius 2 is 2.12 bits per heavy atom. The number of thiazole rings is 1. The van der Waals surface area contributed by atoms with Crippen molar-refractivity contribution in [1.29, 1.82) is 0 Å². The summed E-state index contributed by atoms with van der Waals surface area (Å²) >= 11 is 1.67. The van der Waals surface area contributed by atoms with E-state index < -0.39 is 0 Å². The topological polar surface area (TPSA) is 28.2 Å². The summed E-state index contributed by atoms with van der Waals surface area (Å²) in [4.78, 5) is 6.83. The molecule has 0 aliphatic carbocycles. The summed E-state index contributed by atoms with van der Waals surface area (Å²) in [5.74, 6) is 0. The van der Waals surface area contributed by atoms with Gasteiger partial charge in [-0.3, -0.25) is 0 Å². The molecule has 1 aliphatic heterocycles. The Morgan fingerprint density at radius 3 is 2.82 bits per heavy atom. The van der Waals surface area contributed by atoms with Gasteiger partial charge in [0.15, 0.2) is 0 Å². The van der Waals surface area contributed by atoms with E-state index >= 15 is 0 Å². The molecule has 0 aromatic carbocycles. The van der Waals surface area contributed by atoms with Gasteiger partial charge in [-0.1, -0.05) is 0 Å². The molecule has 2 heterocycles. The van der Waals surface area contributed by atoms with Gasteiger partial charge in [0.1, 0.15) is 0 Å². The van der Waals surface area contributed by atoms with Crippen LogP contribution in [0.25, 0.3) is 0 Å². The average molecular weight is 276 g/mol. The van der Waals surface area contributed by atoms with Crippen LogP contribution < -0.4 is 5.32 Å². The lowest BCUT2D eigenvalue weighted by Gasteiger charge is -2.13. The van der Waals surface area contributed by atoms with Crippen LogP contribution in [0.15, 0.2) is 10.9 Å². The third kappa shape index (κ3) is 5.82. The first kappa shape index (κ1) is 14.9. The number of hydrogen-bond acceptors (Lipinski definition) is 4. The lowest BCUT2D eigenvalue weighted by molar-refractivity contribution is 0.329. The molecule has 0 amide bonds. The van der Waals surface area contributed by atoms with Crippen molar-refractivity contribution in [3.8, 4) is 0 Å². The molecule has 0 radical (unpaired) electrons. The first-order valence-corrected chi connectivity index (χ1v) is 7.19. The summed E-state index contributed by atoms with van der Waals surface area (Å²) in [5, 5.41) is 5.55. The fraction of sp³-hybridized carbons (Fsp3) is 0.750. The van der Waals surface area contributed by atoms with Crippen LogP contribution in [0.2, 0.25) is 0 Å². The first-order valence-electron chi connectivity index (χ1n) is 6.25. The highest BCUT2D eigenvalue weighted by Gasteiger charge is 2.09. The van der Waals surface area contributed by atoms with Gasteiger partial charge in [-0.05, 0) is 51.9 Å². The van der Waals surface area contributed by atoms with Crippen LogP contribution in [-0.4, -0.2) is 36.1 Å². The summed E-state index contributed by atoms with van der Waals surface area (Å²) in [5.41, 5.74) is 3.06. The third-order valence-electron chi connectivity index (χ3n) is 3.07. The van der Waals surface area contributed by atoms with Crippen molar-refractivity contribution in [3.63, 3.8) is 0 Å². The van der Waals surface area contributed by atoms with E-state index in [-0.39, 0.29) is 12.4 Å². The van der Waals surface area contributed by atoms with E-state index in [0.29, 0.717) is 0 Å². The fourth-order valence-electron chi connectivity index (χ4n) is 2.13. The molecule has 98 valence electrons. The molecular weight excluding hydrogens is 254 g/mol. The predicted molar refractivity (Wildman–Crippen MR) is 76.0 cm³/mol. The Morgan fingerprint density at radius 1 is 1.29 bits per heavy atom. The van der Waals surface area contributed by atoms with Gasteiger partial charge in [0.2, 0.25) is 0 Å². The van der Waals surface area contributed by atoms with Crippen molar-refractivity contribution in [1.82, 2.24) is 15.2 Å². The molecule has 0 atom stereocenters. The molecule has 1 aromatic rings. The highest BCUT2D eigenvalue weighted by atomic mass is 35.5. The maximum atomic E-state index is 4.24. The fourth-order valence-corrected chi connectivity index (χ4v) is 2.69. The van der Waals surface area contributed by atoms with Crippen LogP contribution in [-0.2, 0) is 6.54 Å². The summed E-state index contributed by atoms with van der Waals surface area (Å²) in [6.07, 6.45) is 5.41. The second kappa shape index (κ2) is 8.86. The predicted octanol–water partition coefficient (Wildman–Crippen LogP) is 2.53. The second-order valence-corrected chi connectivity index (χ2v) is 5.13. The molecule has 1 aromatic heterocycles. The van der Waals surface area contributed by atoms with Crippen LogP contribution in [0.1, 0.15) is 31.4 Å². The van der Waals surface area contributed by atoms with E-state index in [4.69, 9.17) is 0 Å². The third-order valence-corrected chi connectivity index (χ3v) is 3.70. The zero-order valence-corrected chi connectivity index (χ0v) is 11.9. The number of likely N-dealkylation sites (tertiary alicyclic amines) is 1. The molecule has 0 saturated carbocycles. The minimum absolute atomic E-state index is 0. The number of hydrogen-bond donors (Lipinski definition) is 1. The van der Waals surface area contributed by atoms with Gasteiger partial charge in [0.25, 0.3) is 0 Å². The quantitative estimate of drug-likeness (QED) is 0.775. The highest BCUT2D eigenvalue weighted by molar-refractivity contribution is 7.07. The van der Waals surface area contributed by atoms with Gasteiger partial charge >= 0.3 is 0 Å². The van der Waals surface area contributed by atoms with Gasteiger partial charge in [0.05, 0.1) is 11.2 Å². The van der Waals surface area contributed by atoms with Crippen molar-refractivity contribution in [2.45, 2.75) is 32.2 Å². The molecular formula is C12H22ClN3S. The van der Waals surface area contributed by atoms with Gasteiger partial charge in [-0.15, -0.1) is 23.7 Å².